The summed E-state index contributed by atoms with van der Waals surface area (Å²) in [5.41, 5.74) is 5.57. The molecule has 2 aromatic carbocycles. The SMILES string of the molecule is Cc1ccc(-n2c(SC3CCS(=O)(=O)C3)nnc2-c2cccc(C)c2C)cc1. The van der Waals surface area contributed by atoms with Crippen LogP contribution in [-0.2, 0) is 9.84 Å². The largest absolute Gasteiger partial charge is 0.270 e. The highest BCUT2D eigenvalue weighted by molar-refractivity contribution is 8.01. The minimum atomic E-state index is -2.93. The molecule has 3 aromatic rings. The third-order valence-electron chi connectivity index (χ3n) is 5.23. The maximum atomic E-state index is 11.9. The monoisotopic (exact) mass is 413 g/mol. The Balaban J connectivity index is 1.82. The molecule has 1 aliphatic heterocycles. The quantitative estimate of drug-likeness (QED) is 0.643. The van der Waals surface area contributed by atoms with Crippen LogP contribution < -0.4 is 0 Å². The van der Waals surface area contributed by atoms with Crippen LogP contribution in [0.5, 0.6) is 0 Å². The van der Waals surface area contributed by atoms with Crippen LogP contribution in [0, 0.1) is 20.8 Å². The van der Waals surface area contributed by atoms with Gasteiger partial charge in [-0.05, 0) is 50.5 Å². The van der Waals surface area contributed by atoms with Gasteiger partial charge in [0.15, 0.2) is 20.8 Å². The molecule has 0 N–H and O–H groups in total. The first-order chi connectivity index (χ1) is 13.3. The molecule has 0 radical (unpaired) electrons. The molecule has 1 aliphatic rings. The summed E-state index contributed by atoms with van der Waals surface area (Å²) in [6.07, 6.45) is 0.659. The number of hydrogen-bond acceptors (Lipinski definition) is 5. The summed E-state index contributed by atoms with van der Waals surface area (Å²) in [6.45, 7) is 6.24. The standard InChI is InChI=1S/C21H23N3O2S2/c1-14-7-9-17(10-8-14)24-20(19-6-4-5-15(2)16(19)3)22-23-21(24)27-18-11-12-28(25,26)13-18/h4-10,18H,11-13H2,1-3H3. The summed E-state index contributed by atoms with van der Waals surface area (Å²) >= 11 is 1.51. The Labute approximate surface area is 170 Å². The van der Waals surface area contributed by atoms with Crippen molar-refractivity contribution < 1.29 is 8.42 Å². The fraction of sp³-hybridized carbons (Fsp3) is 0.333. The fourth-order valence-electron chi connectivity index (χ4n) is 3.44. The van der Waals surface area contributed by atoms with Gasteiger partial charge in [-0.25, -0.2) is 8.42 Å². The molecule has 28 heavy (non-hydrogen) atoms. The summed E-state index contributed by atoms with van der Waals surface area (Å²) in [4.78, 5) is 0. The number of aryl methyl sites for hydroxylation is 2. The number of hydrogen-bond donors (Lipinski definition) is 0. The van der Waals surface area contributed by atoms with Gasteiger partial charge in [-0.3, -0.25) is 4.57 Å². The molecule has 7 heteroatoms. The number of aromatic nitrogens is 3. The van der Waals surface area contributed by atoms with Crippen LogP contribution in [0.4, 0.5) is 0 Å². The van der Waals surface area contributed by atoms with Gasteiger partial charge < -0.3 is 0 Å². The van der Waals surface area contributed by atoms with Crippen molar-refractivity contribution in [2.45, 2.75) is 37.6 Å². The average Bonchev–Trinajstić information content (AvgIpc) is 3.21. The first kappa shape index (κ1) is 19.2. The van der Waals surface area contributed by atoms with Crippen molar-refractivity contribution in [3.05, 3.63) is 59.2 Å². The van der Waals surface area contributed by atoms with E-state index in [9.17, 15) is 8.42 Å². The Morgan fingerprint density at radius 1 is 1.04 bits per heavy atom. The number of thioether (sulfide) groups is 1. The molecule has 1 fully saturated rings. The van der Waals surface area contributed by atoms with E-state index in [0.717, 1.165) is 22.2 Å². The summed E-state index contributed by atoms with van der Waals surface area (Å²) in [6, 6.07) is 14.4. The lowest BCUT2D eigenvalue weighted by atomic mass is 10.0. The molecule has 0 amide bonds. The van der Waals surface area contributed by atoms with Gasteiger partial charge in [0.1, 0.15) is 0 Å². The molecule has 1 atom stereocenters. The number of sulfone groups is 1. The van der Waals surface area contributed by atoms with Crippen molar-refractivity contribution >= 4 is 21.6 Å². The van der Waals surface area contributed by atoms with Gasteiger partial charge in [-0.2, -0.15) is 0 Å². The van der Waals surface area contributed by atoms with E-state index in [0.29, 0.717) is 6.42 Å². The average molecular weight is 414 g/mol. The predicted octanol–water partition coefficient (Wildman–Crippen LogP) is 4.14. The minimum Gasteiger partial charge on any atom is -0.270 e. The first-order valence-electron chi connectivity index (χ1n) is 9.30. The van der Waals surface area contributed by atoms with Crippen molar-refractivity contribution in [3.8, 4) is 17.1 Å². The number of benzene rings is 2. The minimum absolute atomic E-state index is 0.0184. The molecular weight excluding hydrogens is 390 g/mol. The maximum Gasteiger partial charge on any atom is 0.196 e. The predicted molar refractivity (Wildman–Crippen MR) is 114 cm³/mol. The Morgan fingerprint density at radius 3 is 2.46 bits per heavy atom. The second-order valence-corrected chi connectivity index (χ2v) is 10.9. The van der Waals surface area contributed by atoms with Crippen molar-refractivity contribution in [2.24, 2.45) is 0 Å². The maximum absolute atomic E-state index is 11.9. The zero-order chi connectivity index (χ0) is 19.9. The van der Waals surface area contributed by atoms with E-state index >= 15 is 0 Å². The second-order valence-electron chi connectivity index (χ2n) is 7.37. The highest BCUT2D eigenvalue weighted by atomic mass is 32.2. The zero-order valence-corrected chi connectivity index (χ0v) is 17.8. The molecule has 146 valence electrons. The molecule has 0 saturated carbocycles. The number of rotatable bonds is 4. The van der Waals surface area contributed by atoms with Crippen LogP contribution >= 0.6 is 11.8 Å². The zero-order valence-electron chi connectivity index (χ0n) is 16.2. The fourth-order valence-corrected chi connectivity index (χ4v) is 6.95. The van der Waals surface area contributed by atoms with Crippen LogP contribution in [0.3, 0.4) is 0 Å². The van der Waals surface area contributed by atoms with Gasteiger partial charge >= 0.3 is 0 Å². The lowest BCUT2D eigenvalue weighted by Gasteiger charge is -2.14. The second kappa shape index (κ2) is 7.37. The van der Waals surface area contributed by atoms with Gasteiger partial charge in [-0.1, -0.05) is 47.7 Å². The Bertz CT molecular complexity index is 1120. The van der Waals surface area contributed by atoms with Crippen LogP contribution in [0.1, 0.15) is 23.1 Å². The van der Waals surface area contributed by atoms with Crippen LogP contribution in [0.2, 0.25) is 0 Å². The molecule has 1 saturated heterocycles. The van der Waals surface area contributed by atoms with Crippen molar-refractivity contribution in [1.82, 2.24) is 14.8 Å². The van der Waals surface area contributed by atoms with E-state index in [1.54, 1.807) is 0 Å². The topological polar surface area (TPSA) is 64.8 Å². The highest BCUT2D eigenvalue weighted by Gasteiger charge is 2.31. The Kier molecular flexibility index (Phi) is 5.05. The third-order valence-corrected chi connectivity index (χ3v) is 8.42. The van der Waals surface area contributed by atoms with Crippen molar-refractivity contribution in [2.75, 3.05) is 11.5 Å². The normalized spacial score (nSPS) is 18.5. The van der Waals surface area contributed by atoms with E-state index in [-0.39, 0.29) is 16.8 Å². The van der Waals surface area contributed by atoms with Gasteiger partial charge in [0.2, 0.25) is 0 Å². The molecule has 0 aliphatic carbocycles. The third kappa shape index (κ3) is 3.73. The summed E-state index contributed by atoms with van der Waals surface area (Å²) < 4.78 is 25.8. The van der Waals surface area contributed by atoms with Gasteiger partial charge in [0, 0.05) is 16.5 Å². The molecule has 2 heterocycles. The molecule has 0 spiro atoms. The Morgan fingerprint density at radius 2 is 1.79 bits per heavy atom. The first-order valence-corrected chi connectivity index (χ1v) is 12.0. The van der Waals surface area contributed by atoms with Crippen molar-refractivity contribution in [3.63, 3.8) is 0 Å². The van der Waals surface area contributed by atoms with E-state index in [1.807, 2.05) is 6.07 Å². The van der Waals surface area contributed by atoms with Gasteiger partial charge in [-0.15, -0.1) is 10.2 Å². The lowest BCUT2D eigenvalue weighted by molar-refractivity contribution is 0.602. The molecule has 1 unspecified atom stereocenters. The summed E-state index contributed by atoms with van der Waals surface area (Å²) in [5, 5.41) is 9.72. The van der Waals surface area contributed by atoms with Crippen LogP contribution in [-0.4, -0.2) is 39.9 Å². The molecule has 5 nitrogen and oxygen atoms in total. The van der Waals surface area contributed by atoms with Gasteiger partial charge in [0.05, 0.1) is 11.5 Å². The number of nitrogens with zero attached hydrogens (tertiary/aromatic N) is 3. The molecule has 4 rings (SSSR count). The summed E-state index contributed by atoms with van der Waals surface area (Å²) in [7, 11) is -2.93. The van der Waals surface area contributed by atoms with E-state index in [1.165, 1.54) is 28.5 Å². The van der Waals surface area contributed by atoms with Crippen LogP contribution in [0.15, 0.2) is 47.6 Å². The van der Waals surface area contributed by atoms with Gasteiger partial charge in [0.25, 0.3) is 0 Å². The van der Waals surface area contributed by atoms with Crippen LogP contribution in [0.25, 0.3) is 17.1 Å². The van der Waals surface area contributed by atoms with E-state index in [2.05, 4.69) is 71.9 Å². The molecular formula is C21H23N3O2S2. The smallest absolute Gasteiger partial charge is 0.196 e. The van der Waals surface area contributed by atoms with E-state index in [4.69, 9.17) is 0 Å². The van der Waals surface area contributed by atoms with Crippen molar-refractivity contribution in [1.29, 1.82) is 0 Å². The molecule has 0 bridgehead atoms. The Hall–Kier alpha value is -2.12. The van der Waals surface area contributed by atoms with E-state index < -0.39 is 9.84 Å². The summed E-state index contributed by atoms with van der Waals surface area (Å²) in [5.74, 6) is 1.25. The highest BCUT2D eigenvalue weighted by Crippen LogP contribution is 2.35. The lowest BCUT2D eigenvalue weighted by Crippen LogP contribution is -2.08. The molecule has 1 aromatic heterocycles.